The SMILES string of the molecule is CC(=O)c1ccc(NC(=O)[C@H](C)OC(=O)Cc2c(C)nn(-c3ccccc3)c2C)cc1. The van der Waals surface area contributed by atoms with Crippen LogP contribution in [0.5, 0.6) is 0 Å². The third kappa shape index (κ3) is 5.25. The number of rotatable bonds is 7. The number of carbonyl (C=O) groups excluding carboxylic acids is 3. The molecule has 1 atom stereocenters. The number of anilines is 1. The molecule has 0 aliphatic heterocycles. The lowest BCUT2D eigenvalue weighted by Gasteiger charge is -2.14. The quantitative estimate of drug-likeness (QED) is 0.465. The van der Waals surface area contributed by atoms with Gasteiger partial charge in [-0.3, -0.25) is 14.4 Å². The Bertz CT molecular complexity index is 1100. The van der Waals surface area contributed by atoms with E-state index in [4.69, 9.17) is 4.74 Å². The van der Waals surface area contributed by atoms with Gasteiger partial charge in [-0.25, -0.2) is 4.68 Å². The van der Waals surface area contributed by atoms with Gasteiger partial charge in [0.2, 0.25) is 0 Å². The predicted molar refractivity (Wildman–Crippen MR) is 117 cm³/mol. The van der Waals surface area contributed by atoms with Crippen LogP contribution in [0.25, 0.3) is 5.69 Å². The van der Waals surface area contributed by atoms with Gasteiger partial charge in [0, 0.05) is 22.5 Å². The Morgan fingerprint density at radius 1 is 1.03 bits per heavy atom. The van der Waals surface area contributed by atoms with Crippen LogP contribution in [0.15, 0.2) is 54.6 Å². The Morgan fingerprint density at radius 3 is 2.29 bits per heavy atom. The number of ketones is 1. The van der Waals surface area contributed by atoms with Gasteiger partial charge in [-0.2, -0.15) is 5.10 Å². The van der Waals surface area contributed by atoms with Crippen LogP contribution >= 0.6 is 0 Å². The molecule has 0 bridgehead atoms. The number of para-hydroxylation sites is 1. The molecule has 0 saturated heterocycles. The molecule has 2 aromatic carbocycles. The highest BCUT2D eigenvalue weighted by molar-refractivity contribution is 5.97. The fraction of sp³-hybridized carbons (Fsp3) is 0.250. The minimum Gasteiger partial charge on any atom is -0.452 e. The molecule has 1 amide bonds. The summed E-state index contributed by atoms with van der Waals surface area (Å²) in [7, 11) is 0. The maximum absolute atomic E-state index is 12.5. The van der Waals surface area contributed by atoms with Gasteiger partial charge >= 0.3 is 5.97 Å². The number of hydrogen-bond donors (Lipinski definition) is 1. The Kier molecular flexibility index (Phi) is 6.65. The summed E-state index contributed by atoms with van der Waals surface area (Å²) in [5.41, 5.74) is 4.35. The maximum Gasteiger partial charge on any atom is 0.311 e. The molecule has 160 valence electrons. The predicted octanol–water partition coefficient (Wildman–Crippen LogP) is 3.80. The topological polar surface area (TPSA) is 90.3 Å². The van der Waals surface area contributed by atoms with Gasteiger partial charge in [-0.1, -0.05) is 18.2 Å². The average molecular weight is 419 g/mol. The number of aryl methyl sites for hydroxylation is 1. The van der Waals surface area contributed by atoms with Crippen molar-refractivity contribution in [3.05, 3.63) is 77.1 Å². The number of Topliss-reactive ketones (excluding diaryl/α,β-unsaturated/α-hetero) is 1. The summed E-state index contributed by atoms with van der Waals surface area (Å²) < 4.78 is 7.12. The molecule has 0 unspecified atom stereocenters. The van der Waals surface area contributed by atoms with Gasteiger partial charge in [-0.05, 0) is 64.1 Å². The first kappa shape index (κ1) is 22.0. The highest BCUT2D eigenvalue weighted by atomic mass is 16.5. The van der Waals surface area contributed by atoms with Crippen LogP contribution in [-0.2, 0) is 20.7 Å². The first-order valence-corrected chi connectivity index (χ1v) is 9.98. The normalized spacial score (nSPS) is 11.6. The number of benzene rings is 2. The molecule has 0 aliphatic carbocycles. The van der Waals surface area contributed by atoms with Gasteiger partial charge in [0.1, 0.15) is 0 Å². The standard InChI is InChI=1S/C24H25N3O4/c1-15-22(16(2)27(26-15)21-8-6-5-7-9-21)14-23(29)31-18(4)24(30)25-20-12-10-19(11-13-20)17(3)28/h5-13,18H,14H2,1-4H3,(H,25,30)/t18-/m0/s1. The molecule has 1 aromatic heterocycles. The highest BCUT2D eigenvalue weighted by Gasteiger charge is 2.21. The summed E-state index contributed by atoms with van der Waals surface area (Å²) in [5.74, 6) is -1.01. The number of hydrogen-bond acceptors (Lipinski definition) is 5. The van der Waals surface area contributed by atoms with Gasteiger partial charge in [0.05, 0.1) is 17.8 Å². The van der Waals surface area contributed by atoms with Gasteiger partial charge in [-0.15, -0.1) is 0 Å². The van der Waals surface area contributed by atoms with Crippen LogP contribution in [-0.4, -0.2) is 33.5 Å². The van der Waals surface area contributed by atoms with E-state index in [1.807, 2.05) is 44.2 Å². The van der Waals surface area contributed by atoms with Crippen molar-refractivity contribution < 1.29 is 19.1 Å². The van der Waals surface area contributed by atoms with E-state index in [1.165, 1.54) is 13.8 Å². The summed E-state index contributed by atoms with van der Waals surface area (Å²) in [6.07, 6.45) is -0.945. The second-order valence-corrected chi connectivity index (χ2v) is 7.33. The Hall–Kier alpha value is -3.74. The van der Waals surface area contributed by atoms with Crippen LogP contribution in [0.2, 0.25) is 0 Å². The first-order chi connectivity index (χ1) is 14.8. The molecule has 0 spiro atoms. The number of aromatic nitrogens is 2. The van der Waals surface area contributed by atoms with E-state index in [-0.39, 0.29) is 12.2 Å². The molecule has 31 heavy (non-hydrogen) atoms. The lowest BCUT2D eigenvalue weighted by molar-refractivity contribution is -0.152. The number of ether oxygens (including phenoxy) is 1. The lowest BCUT2D eigenvalue weighted by Crippen LogP contribution is -2.30. The summed E-state index contributed by atoms with van der Waals surface area (Å²) in [5, 5.41) is 7.21. The van der Waals surface area contributed by atoms with Crippen LogP contribution in [0.4, 0.5) is 5.69 Å². The Labute approximate surface area is 181 Å². The maximum atomic E-state index is 12.5. The third-order valence-corrected chi connectivity index (χ3v) is 5.00. The van der Waals surface area contributed by atoms with Crippen molar-refractivity contribution in [2.75, 3.05) is 5.32 Å². The van der Waals surface area contributed by atoms with Crippen molar-refractivity contribution in [1.29, 1.82) is 0 Å². The van der Waals surface area contributed by atoms with E-state index >= 15 is 0 Å². The zero-order valence-electron chi connectivity index (χ0n) is 18.0. The minimum absolute atomic E-state index is 0.0232. The third-order valence-electron chi connectivity index (χ3n) is 5.00. The molecule has 1 N–H and O–H groups in total. The zero-order valence-corrected chi connectivity index (χ0v) is 18.0. The number of amides is 1. The lowest BCUT2D eigenvalue weighted by atomic mass is 10.1. The summed E-state index contributed by atoms with van der Waals surface area (Å²) in [4.78, 5) is 36.2. The summed E-state index contributed by atoms with van der Waals surface area (Å²) in [6, 6.07) is 16.2. The molecular formula is C24H25N3O4. The van der Waals surface area contributed by atoms with Gasteiger partial charge < -0.3 is 10.1 Å². The largest absolute Gasteiger partial charge is 0.452 e. The molecule has 0 aliphatic rings. The molecule has 3 rings (SSSR count). The molecule has 0 fully saturated rings. The van der Waals surface area contributed by atoms with Crippen LogP contribution < -0.4 is 5.32 Å². The molecule has 7 heteroatoms. The van der Waals surface area contributed by atoms with Crippen LogP contribution in [0, 0.1) is 13.8 Å². The minimum atomic E-state index is -0.968. The number of esters is 1. The first-order valence-electron chi connectivity index (χ1n) is 9.98. The second kappa shape index (κ2) is 9.38. The van der Waals surface area contributed by atoms with Crippen molar-refractivity contribution in [3.8, 4) is 5.69 Å². The van der Waals surface area contributed by atoms with E-state index in [0.717, 1.165) is 22.6 Å². The molecule has 7 nitrogen and oxygen atoms in total. The van der Waals surface area contributed by atoms with Crippen molar-refractivity contribution in [1.82, 2.24) is 9.78 Å². The second-order valence-electron chi connectivity index (χ2n) is 7.33. The molecular weight excluding hydrogens is 394 g/mol. The van der Waals surface area contributed by atoms with E-state index in [2.05, 4.69) is 10.4 Å². The van der Waals surface area contributed by atoms with Crippen molar-refractivity contribution in [3.63, 3.8) is 0 Å². The van der Waals surface area contributed by atoms with Gasteiger partial charge in [0.15, 0.2) is 11.9 Å². The monoisotopic (exact) mass is 419 g/mol. The van der Waals surface area contributed by atoms with Crippen molar-refractivity contribution >= 4 is 23.3 Å². The van der Waals surface area contributed by atoms with Gasteiger partial charge in [0.25, 0.3) is 5.91 Å². The fourth-order valence-corrected chi connectivity index (χ4v) is 3.22. The molecule has 0 saturated carbocycles. The van der Waals surface area contributed by atoms with Crippen molar-refractivity contribution in [2.45, 2.75) is 40.2 Å². The number of nitrogens with one attached hydrogen (secondary N) is 1. The number of nitrogens with zero attached hydrogens (tertiary/aromatic N) is 2. The molecule has 3 aromatic rings. The zero-order chi connectivity index (χ0) is 22.5. The smallest absolute Gasteiger partial charge is 0.311 e. The molecule has 1 heterocycles. The van der Waals surface area contributed by atoms with E-state index in [0.29, 0.717) is 11.3 Å². The van der Waals surface area contributed by atoms with E-state index in [9.17, 15) is 14.4 Å². The average Bonchev–Trinajstić information content (AvgIpc) is 3.03. The summed E-state index contributed by atoms with van der Waals surface area (Å²) >= 11 is 0. The Balaban J connectivity index is 1.62. The summed E-state index contributed by atoms with van der Waals surface area (Å²) in [6.45, 7) is 6.73. The molecule has 0 radical (unpaired) electrons. The van der Waals surface area contributed by atoms with Crippen LogP contribution in [0.3, 0.4) is 0 Å². The van der Waals surface area contributed by atoms with Crippen molar-refractivity contribution in [2.24, 2.45) is 0 Å². The fourth-order valence-electron chi connectivity index (χ4n) is 3.22. The Morgan fingerprint density at radius 2 is 1.68 bits per heavy atom. The van der Waals surface area contributed by atoms with E-state index < -0.39 is 18.0 Å². The number of carbonyl (C=O) groups is 3. The van der Waals surface area contributed by atoms with E-state index in [1.54, 1.807) is 28.9 Å². The van der Waals surface area contributed by atoms with Crippen LogP contribution in [0.1, 0.15) is 41.2 Å². The highest BCUT2D eigenvalue weighted by Crippen LogP contribution is 2.19.